The summed E-state index contributed by atoms with van der Waals surface area (Å²) < 4.78 is 19.6. The Morgan fingerprint density at radius 2 is 2.00 bits per heavy atom. The van der Waals surface area contributed by atoms with Crippen LogP contribution in [0.1, 0.15) is 43.0 Å². The van der Waals surface area contributed by atoms with Gasteiger partial charge < -0.3 is 10.3 Å². The van der Waals surface area contributed by atoms with Gasteiger partial charge in [0.1, 0.15) is 5.82 Å². The third-order valence-electron chi connectivity index (χ3n) is 3.75. The molecule has 1 aromatic heterocycles. The van der Waals surface area contributed by atoms with Crippen LogP contribution in [0.4, 0.5) is 4.39 Å². The van der Waals surface area contributed by atoms with Gasteiger partial charge in [0.15, 0.2) is 5.82 Å². The minimum Gasteiger partial charge on any atom is -0.335 e. The van der Waals surface area contributed by atoms with Crippen molar-refractivity contribution in [3.8, 4) is 0 Å². The Balaban J connectivity index is 0.00000176. The number of nitrogens with two attached hydrogens (primary N) is 1. The van der Waals surface area contributed by atoms with E-state index in [4.69, 9.17) is 10.3 Å². The van der Waals surface area contributed by atoms with E-state index in [1.165, 1.54) is 6.07 Å². The summed E-state index contributed by atoms with van der Waals surface area (Å²) in [6, 6.07) is 4.73. The molecule has 1 aliphatic carbocycles. The van der Waals surface area contributed by atoms with Gasteiger partial charge in [0.2, 0.25) is 0 Å². The molecule has 1 heterocycles. The fourth-order valence-electron chi connectivity index (χ4n) is 2.54. The van der Waals surface area contributed by atoms with Gasteiger partial charge in [-0.15, -0.1) is 12.4 Å². The van der Waals surface area contributed by atoms with Crippen molar-refractivity contribution in [2.24, 2.45) is 5.73 Å². The maximum atomic E-state index is 13.6. The van der Waals surface area contributed by atoms with Crippen molar-refractivity contribution < 1.29 is 8.91 Å². The van der Waals surface area contributed by atoms with Crippen molar-refractivity contribution >= 4 is 40.5 Å². The highest BCUT2D eigenvalue weighted by molar-refractivity contribution is 9.10. The Bertz CT molecular complexity index is 683. The number of nitrogens with zero attached hydrogens (tertiary/aromatic N) is 2. The molecule has 0 spiro atoms. The standard InChI is InChI=1S/C15H15BrFN3O.ClH/c16-11-4-5-12(17)10(9-11)3-6-13-19-14(20-21-13)15(18)7-1-2-8-15;/h3-6,9H,1-2,7-8,18H2;1H/b6-3+;. The quantitative estimate of drug-likeness (QED) is 0.852. The summed E-state index contributed by atoms with van der Waals surface area (Å²) in [6.45, 7) is 0. The average Bonchev–Trinajstić information content (AvgIpc) is 3.10. The lowest BCUT2D eigenvalue weighted by Gasteiger charge is -2.17. The zero-order valence-electron chi connectivity index (χ0n) is 11.8. The lowest BCUT2D eigenvalue weighted by Crippen LogP contribution is -2.34. The Labute approximate surface area is 142 Å². The first-order chi connectivity index (χ1) is 10.1. The minimum absolute atomic E-state index is 0. The van der Waals surface area contributed by atoms with Crippen molar-refractivity contribution in [2.45, 2.75) is 31.2 Å². The first-order valence-electron chi connectivity index (χ1n) is 6.83. The Kier molecular flexibility index (Phi) is 5.36. The normalized spacial score (nSPS) is 16.9. The van der Waals surface area contributed by atoms with E-state index in [1.54, 1.807) is 24.3 Å². The van der Waals surface area contributed by atoms with Gasteiger partial charge >= 0.3 is 0 Å². The zero-order chi connectivity index (χ0) is 14.9. The van der Waals surface area contributed by atoms with E-state index in [9.17, 15) is 4.39 Å². The molecule has 0 aliphatic heterocycles. The smallest absolute Gasteiger partial charge is 0.250 e. The van der Waals surface area contributed by atoms with Gasteiger partial charge in [-0.05, 0) is 37.1 Å². The second-order valence-electron chi connectivity index (χ2n) is 5.32. The predicted octanol–water partition coefficient (Wildman–Crippen LogP) is 4.29. The van der Waals surface area contributed by atoms with Gasteiger partial charge in [0.25, 0.3) is 5.89 Å². The summed E-state index contributed by atoms with van der Waals surface area (Å²) in [5, 5.41) is 3.96. The lowest BCUT2D eigenvalue weighted by molar-refractivity contribution is 0.364. The molecule has 7 heteroatoms. The summed E-state index contributed by atoms with van der Waals surface area (Å²) in [4.78, 5) is 4.31. The van der Waals surface area contributed by atoms with Gasteiger partial charge in [0, 0.05) is 16.1 Å². The number of rotatable bonds is 3. The van der Waals surface area contributed by atoms with Crippen molar-refractivity contribution in [3.63, 3.8) is 0 Å². The van der Waals surface area contributed by atoms with Gasteiger partial charge in [-0.2, -0.15) is 4.98 Å². The Morgan fingerprint density at radius 3 is 2.73 bits per heavy atom. The molecule has 0 radical (unpaired) electrons. The molecule has 0 bridgehead atoms. The minimum atomic E-state index is -0.476. The zero-order valence-corrected chi connectivity index (χ0v) is 14.2. The van der Waals surface area contributed by atoms with Crippen LogP contribution in [-0.4, -0.2) is 10.1 Å². The number of hydrogen-bond acceptors (Lipinski definition) is 4. The van der Waals surface area contributed by atoms with Crippen LogP contribution in [-0.2, 0) is 5.54 Å². The topological polar surface area (TPSA) is 64.9 Å². The Morgan fingerprint density at radius 1 is 1.27 bits per heavy atom. The largest absolute Gasteiger partial charge is 0.335 e. The van der Waals surface area contributed by atoms with Crippen LogP contribution in [0.3, 0.4) is 0 Å². The molecule has 2 N–H and O–H groups in total. The second-order valence-corrected chi connectivity index (χ2v) is 6.23. The molecule has 0 unspecified atom stereocenters. The van der Waals surface area contributed by atoms with Crippen molar-refractivity contribution in [2.75, 3.05) is 0 Å². The predicted molar refractivity (Wildman–Crippen MR) is 88.9 cm³/mol. The van der Waals surface area contributed by atoms with Crippen molar-refractivity contribution in [1.82, 2.24) is 10.1 Å². The van der Waals surface area contributed by atoms with Gasteiger partial charge in [-0.25, -0.2) is 4.39 Å². The van der Waals surface area contributed by atoms with Crippen molar-refractivity contribution in [1.29, 1.82) is 0 Å². The monoisotopic (exact) mass is 387 g/mol. The van der Waals surface area contributed by atoms with Crippen LogP contribution in [0, 0.1) is 5.82 Å². The molecule has 1 aromatic carbocycles. The van der Waals surface area contributed by atoms with E-state index >= 15 is 0 Å². The molecule has 0 amide bonds. The van der Waals surface area contributed by atoms with E-state index in [0.29, 0.717) is 17.3 Å². The molecular formula is C15H16BrClFN3O. The molecule has 118 valence electrons. The molecular weight excluding hydrogens is 373 g/mol. The van der Waals surface area contributed by atoms with E-state index in [-0.39, 0.29) is 18.2 Å². The third kappa shape index (κ3) is 3.56. The number of benzene rings is 1. The van der Waals surface area contributed by atoms with E-state index in [1.807, 2.05) is 0 Å². The fraction of sp³-hybridized carbons (Fsp3) is 0.333. The Hall–Kier alpha value is -1.24. The van der Waals surface area contributed by atoms with Gasteiger partial charge in [-0.3, -0.25) is 0 Å². The highest BCUT2D eigenvalue weighted by Gasteiger charge is 2.35. The number of aromatic nitrogens is 2. The number of halogens is 3. The van der Waals surface area contributed by atoms with Crippen LogP contribution < -0.4 is 5.73 Å². The second kappa shape index (κ2) is 6.89. The highest BCUT2D eigenvalue weighted by atomic mass is 79.9. The van der Waals surface area contributed by atoms with Crippen LogP contribution in [0.25, 0.3) is 12.2 Å². The third-order valence-corrected chi connectivity index (χ3v) is 4.24. The highest BCUT2D eigenvalue weighted by Crippen LogP contribution is 2.34. The molecule has 0 saturated heterocycles. The lowest BCUT2D eigenvalue weighted by atomic mass is 9.99. The number of hydrogen-bond donors (Lipinski definition) is 1. The molecule has 4 nitrogen and oxygen atoms in total. The van der Waals surface area contributed by atoms with E-state index < -0.39 is 5.54 Å². The van der Waals surface area contributed by atoms with Crippen LogP contribution >= 0.6 is 28.3 Å². The molecule has 1 fully saturated rings. The summed E-state index contributed by atoms with van der Waals surface area (Å²) in [5.41, 5.74) is 6.25. The van der Waals surface area contributed by atoms with E-state index in [2.05, 4.69) is 26.1 Å². The van der Waals surface area contributed by atoms with Gasteiger partial charge in [-0.1, -0.05) is 33.9 Å². The molecule has 1 aliphatic rings. The average molecular weight is 389 g/mol. The van der Waals surface area contributed by atoms with Crippen LogP contribution in [0.2, 0.25) is 0 Å². The fourth-order valence-corrected chi connectivity index (χ4v) is 2.92. The molecule has 3 rings (SSSR count). The molecule has 22 heavy (non-hydrogen) atoms. The SMILES string of the molecule is Cl.NC1(c2noc(/C=C/c3cc(Br)ccc3F)n2)CCCC1. The molecule has 2 aromatic rings. The van der Waals surface area contributed by atoms with Gasteiger partial charge in [0.05, 0.1) is 5.54 Å². The van der Waals surface area contributed by atoms with Crippen LogP contribution in [0.15, 0.2) is 27.2 Å². The summed E-state index contributed by atoms with van der Waals surface area (Å²) in [7, 11) is 0. The molecule has 1 saturated carbocycles. The maximum Gasteiger partial charge on any atom is 0.250 e. The van der Waals surface area contributed by atoms with Crippen molar-refractivity contribution in [3.05, 3.63) is 45.8 Å². The summed E-state index contributed by atoms with van der Waals surface area (Å²) >= 11 is 3.31. The summed E-state index contributed by atoms with van der Waals surface area (Å²) in [6.07, 6.45) is 7.11. The molecule has 0 atom stereocenters. The maximum absolute atomic E-state index is 13.6. The van der Waals surface area contributed by atoms with E-state index in [0.717, 1.165) is 30.2 Å². The first kappa shape index (κ1) is 17.1. The van der Waals surface area contributed by atoms with Crippen LogP contribution in [0.5, 0.6) is 0 Å². The summed E-state index contributed by atoms with van der Waals surface area (Å²) in [5.74, 6) is 0.566. The first-order valence-corrected chi connectivity index (χ1v) is 7.62.